The molecule has 4 heteroatoms. The number of amides is 1. The van der Waals surface area contributed by atoms with Crippen molar-refractivity contribution in [2.45, 2.75) is 45.3 Å². The molecule has 0 bridgehead atoms. The molecule has 1 aliphatic heterocycles. The summed E-state index contributed by atoms with van der Waals surface area (Å²) in [6.07, 6.45) is 1.85. The third-order valence-electron chi connectivity index (χ3n) is 3.48. The minimum atomic E-state index is -0.120. The average Bonchev–Trinajstić information content (AvgIpc) is 2.82. The van der Waals surface area contributed by atoms with Crippen LogP contribution in [0.15, 0.2) is 16.8 Å². The zero-order chi connectivity index (χ0) is 13.2. The van der Waals surface area contributed by atoms with Gasteiger partial charge in [-0.25, -0.2) is 0 Å². The van der Waals surface area contributed by atoms with E-state index in [1.165, 1.54) is 0 Å². The molecule has 0 saturated carbocycles. The molecule has 3 nitrogen and oxygen atoms in total. The van der Waals surface area contributed by atoms with Gasteiger partial charge in [0.15, 0.2) is 0 Å². The van der Waals surface area contributed by atoms with E-state index in [9.17, 15) is 4.79 Å². The topological polar surface area (TPSA) is 29.5 Å². The molecule has 2 rings (SSSR count). The van der Waals surface area contributed by atoms with Crippen LogP contribution in [0.5, 0.6) is 0 Å². The molecule has 0 aromatic carbocycles. The molecule has 0 spiro atoms. The maximum Gasteiger partial charge on any atom is 0.254 e. The van der Waals surface area contributed by atoms with Crippen LogP contribution in [0.2, 0.25) is 0 Å². The molecule has 1 aromatic heterocycles. The third-order valence-corrected chi connectivity index (χ3v) is 4.16. The van der Waals surface area contributed by atoms with Gasteiger partial charge in [0.1, 0.15) is 0 Å². The highest BCUT2D eigenvalue weighted by Crippen LogP contribution is 2.28. The highest BCUT2D eigenvalue weighted by molar-refractivity contribution is 7.08. The molecule has 1 unspecified atom stereocenters. The van der Waals surface area contributed by atoms with Gasteiger partial charge in [-0.3, -0.25) is 4.79 Å². The summed E-state index contributed by atoms with van der Waals surface area (Å²) in [4.78, 5) is 14.4. The van der Waals surface area contributed by atoms with Gasteiger partial charge in [-0.05, 0) is 45.1 Å². The number of thiophene rings is 1. The number of hydrogen-bond acceptors (Lipinski definition) is 3. The molecule has 0 aliphatic carbocycles. The van der Waals surface area contributed by atoms with Gasteiger partial charge in [0.2, 0.25) is 0 Å². The largest absolute Gasteiger partial charge is 0.375 e. The first-order valence-electron chi connectivity index (χ1n) is 6.50. The third kappa shape index (κ3) is 2.93. The summed E-state index contributed by atoms with van der Waals surface area (Å²) in [5, 5.41) is 3.88. The first kappa shape index (κ1) is 13.6. The number of rotatable bonds is 3. The second-order valence-electron chi connectivity index (χ2n) is 5.36. The van der Waals surface area contributed by atoms with E-state index in [1.807, 2.05) is 28.7 Å². The molecule has 1 saturated heterocycles. The SMILES string of the molecule is CCN(C(=O)c1ccsc1)C1CCOC(C)(C)C1. The fourth-order valence-corrected chi connectivity index (χ4v) is 3.22. The fraction of sp³-hybridized carbons (Fsp3) is 0.643. The van der Waals surface area contributed by atoms with E-state index in [-0.39, 0.29) is 11.5 Å². The molecular weight excluding hydrogens is 246 g/mol. The maximum atomic E-state index is 12.4. The second kappa shape index (κ2) is 5.41. The Labute approximate surface area is 113 Å². The molecule has 0 radical (unpaired) electrons. The van der Waals surface area contributed by atoms with Crippen LogP contribution in [-0.4, -0.2) is 35.6 Å². The lowest BCUT2D eigenvalue weighted by atomic mass is 9.92. The van der Waals surface area contributed by atoms with Gasteiger partial charge in [-0.2, -0.15) is 11.3 Å². The lowest BCUT2D eigenvalue weighted by Crippen LogP contribution is -2.48. The van der Waals surface area contributed by atoms with Crippen molar-refractivity contribution >= 4 is 17.2 Å². The summed E-state index contributed by atoms with van der Waals surface area (Å²) in [5.74, 6) is 0.154. The van der Waals surface area contributed by atoms with Crippen molar-refractivity contribution in [1.82, 2.24) is 4.90 Å². The molecule has 0 N–H and O–H groups in total. The van der Waals surface area contributed by atoms with Crippen molar-refractivity contribution in [3.8, 4) is 0 Å². The first-order valence-corrected chi connectivity index (χ1v) is 7.45. The van der Waals surface area contributed by atoms with Crippen molar-refractivity contribution in [2.75, 3.05) is 13.2 Å². The number of nitrogens with zero attached hydrogens (tertiary/aromatic N) is 1. The van der Waals surface area contributed by atoms with E-state index in [2.05, 4.69) is 13.8 Å². The van der Waals surface area contributed by atoms with E-state index in [0.717, 1.165) is 31.6 Å². The van der Waals surface area contributed by atoms with Gasteiger partial charge in [0, 0.05) is 24.6 Å². The van der Waals surface area contributed by atoms with Crippen LogP contribution in [0.25, 0.3) is 0 Å². The normalized spacial score (nSPS) is 22.7. The Morgan fingerprint density at radius 3 is 2.94 bits per heavy atom. The van der Waals surface area contributed by atoms with Crippen molar-refractivity contribution < 1.29 is 9.53 Å². The highest BCUT2D eigenvalue weighted by atomic mass is 32.1. The monoisotopic (exact) mass is 267 g/mol. The number of carbonyl (C=O) groups excluding carboxylic acids is 1. The summed E-state index contributed by atoms with van der Waals surface area (Å²) < 4.78 is 5.72. The highest BCUT2D eigenvalue weighted by Gasteiger charge is 2.33. The Balaban J connectivity index is 2.11. The van der Waals surface area contributed by atoms with E-state index in [4.69, 9.17) is 4.74 Å². The van der Waals surface area contributed by atoms with Gasteiger partial charge < -0.3 is 9.64 Å². The smallest absolute Gasteiger partial charge is 0.254 e. The van der Waals surface area contributed by atoms with E-state index < -0.39 is 0 Å². The van der Waals surface area contributed by atoms with Crippen LogP contribution in [0, 0.1) is 0 Å². The number of hydrogen-bond donors (Lipinski definition) is 0. The van der Waals surface area contributed by atoms with Gasteiger partial charge in [0.05, 0.1) is 11.2 Å². The number of carbonyl (C=O) groups is 1. The minimum Gasteiger partial charge on any atom is -0.375 e. The van der Waals surface area contributed by atoms with Crippen LogP contribution >= 0.6 is 11.3 Å². The molecule has 100 valence electrons. The van der Waals surface area contributed by atoms with Gasteiger partial charge in [0.25, 0.3) is 5.91 Å². The van der Waals surface area contributed by atoms with Crippen molar-refractivity contribution in [1.29, 1.82) is 0 Å². The standard InChI is InChI=1S/C14H21NO2S/c1-4-15(13(16)11-6-8-18-10-11)12-5-7-17-14(2,3)9-12/h6,8,10,12H,4-5,7,9H2,1-3H3. The minimum absolute atomic E-state index is 0.120. The Morgan fingerprint density at radius 1 is 1.61 bits per heavy atom. The predicted molar refractivity (Wildman–Crippen MR) is 74.1 cm³/mol. The summed E-state index contributed by atoms with van der Waals surface area (Å²) in [5.41, 5.74) is 0.691. The van der Waals surface area contributed by atoms with Crippen LogP contribution in [0.4, 0.5) is 0 Å². The fourth-order valence-electron chi connectivity index (χ4n) is 2.59. The molecule has 1 aromatic rings. The Kier molecular flexibility index (Phi) is 4.07. The molecule has 1 amide bonds. The zero-order valence-corrected chi connectivity index (χ0v) is 12.1. The lowest BCUT2D eigenvalue weighted by Gasteiger charge is -2.40. The maximum absolute atomic E-state index is 12.4. The molecule has 18 heavy (non-hydrogen) atoms. The van der Waals surface area contributed by atoms with Crippen molar-refractivity contribution in [3.63, 3.8) is 0 Å². The zero-order valence-electron chi connectivity index (χ0n) is 11.3. The average molecular weight is 267 g/mol. The Bertz CT molecular complexity index is 400. The summed E-state index contributed by atoms with van der Waals surface area (Å²) in [6.45, 7) is 7.75. The lowest BCUT2D eigenvalue weighted by molar-refractivity contribution is -0.0777. The van der Waals surface area contributed by atoms with Crippen molar-refractivity contribution in [2.24, 2.45) is 0 Å². The first-order chi connectivity index (χ1) is 8.53. The van der Waals surface area contributed by atoms with Crippen molar-refractivity contribution in [3.05, 3.63) is 22.4 Å². The number of ether oxygens (including phenoxy) is 1. The molecule has 1 atom stereocenters. The molecule has 1 fully saturated rings. The molecule has 1 aliphatic rings. The summed E-state index contributed by atoms with van der Waals surface area (Å²) in [6, 6.07) is 2.20. The second-order valence-corrected chi connectivity index (χ2v) is 6.14. The van der Waals surface area contributed by atoms with Crippen LogP contribution in [0.1, 0.15) is 44.0 Å². The van der Waals surface area contributed by atoms with E-state index in [1.54, 1.807) is 11.3 Å². The Hall–Kier alpha value is -0.870. The van der Waals surface area contributed by atoms with E-state index >= 15 is 0 Å². The van der Waals surface area contributed by atoms with Crippen LogP contribution in [-0.2, 0) is 4.74 Å². The van der Waals surface area contributed by atoms with Crippen LogP contribution < -0.4 is 0 Å². The predicted octanol–water partition coefficient (Wildman–Crippen LogP) is 3.17. The quantitative estimate of drug-likeness (QED) is 0.842. The van der Waals surface area contributed by atoms with Crippen LogP contribution in [0.3, 0.4) is 0 Å². The van der Waals surface area contributed by atoms with E-state index in [0.29, 0.717) is 6.04 Å². The van der Waals surface area contributed by atoms with Gasteiger partial charge in [-0.15, -0.1) is 0 Å². The summed E-state index contributed by atoms with van der Waals surface area (Å²) >= 11 is 1.57. The van der Waals surface area contributed by atoms with Gasteiger partial charge in [-0.1, -0.05) is 0 Å². The molecular formula is C14H21NO2S. The molecule has 2 heterocycles. The summed E-state index contributed by atoms with van der Waals surface area (Å²) in [7, 11) is 0. The Morgan fingerprint density at radius 2 is 2.39 bits per heavy atom. The van der Waals surface area contributed by atoms with Gasteiger partial charge >= 0.3 is 0 Å².